The molecule has 58 heavy (non-hydrogen) atoms. The van der Waals surface area contributed by atoms with Gasteiger partial charge in [0.1, 0.15) is 0 Å². The first-order chi connectivity index (χ1) is 28.8. The Labute approximate surface area is 338 Å². The van der Waals surface area contributed by atoms with Crippen LogP contribution in [-0.2, 0) is 0 Å². The summed E-state index contributed by atoms with van der Waals surface area (Å²) in [5.74, 6) is 1.89. The van der Waals surface area contributed by atoms with E-state index in [1.54, 1.807) is 0 Å². The maximum atomic E-state index is 5.53. The maximum absolute atomic E-state index is 5.53. The summed E-state index contributed by atoms with van der Waals surface area (Å²) in [5.41, 5.74) is 8.43. The molecule has 5 heteroatoms. The van der Waals surface area contributed by atoms with E-state index in [1.165, 1.54) is 41.7 Å². The van der Waals surface area contributed by atoms with Gasteiger partial charge in [-0.3, -0.25) is 0 Å². The van der Waals surface area contributed by atoms with Gasteiger partial charge in [0.25, 0.3) is 0 Å². The fourth-order valence-electron chi connectivity index (χ4n) is 8.77. The molecular weight excluding hydrogens is 725 g/mol. The minimum atomic E-state index is 0.627. The van der Waals surface area contributed by atoms with Crippen molar-refractivity contribution in [3.05, 3.63) is 194 Å². The van der Waals surface area contributed by atoms with Gasteiger partial charge in [-0.1, -0.05) is 164 Å². The van der Waals surface area contributed by atoms with E-state index in [0.29, 0.717) is 17.5 Å². The molecule has 0 radical (unpaired) electrons. The van der Waals surface area contributed by atoms with Gasteiger partial charge in [0, 0.05) is 52.8 Å². The molecule has 0 amide bonds. The van der Waals surface area contributed by atoms with E-state index in [9.17, 15) is 0 Å². The molecule has 0 atom stereocenters. The summed E-state index contributed by atoms with van der Waals surface area (Å²) in [4.78, 5) is 16.2. The summed E-state index contributed by atoms with van der Waals surface area (Å²) in [5, 5.41) is 9.50. The molecule has 0 saturated heterocycles. The molecule has 9 aromatic carbocycles. The smallest absolute Gasteiger partial charge is 0.166 e. The zero-order valence-corrected chi connectivity index (χ0v) is 32.0. The Morgan fingerprint density at radius 3 is 1.72 bits per heavy atom. The van der Waals surface area contributed by atoms with Gasteiger partial charge in [0.2, 0.25) is 0 Å². The van der Waals surface area contributed by atoms with Crippen molar-refractivity contribution in [1.82, 2.24) is 19.5 Å². The Kier molecular flexibility index (Phi) is 7.37. The van der Waals surface area contributed by atoms with Crippen LogP contribution in [0.4, 0.5) is 0 Å². The van der Waals surface area contributed by atoms with Crippen LogP contribution in [0.3, 0.4) is 0 Å². The molecule has 0 aliphatic carbocycles. The van der Waals surface area contributed by atoms with E-state index >= 15 is 0 Å². The van der Waals surface area contributed by atoms with Crippen LogP contribution in [0, 0.1) is 0 Å². The Balaban J connectivity index is 1.27. The second-order valence-electron chi connectivity index (χ2n) is 14.8. The van der Waals surface area contributed by atoms with Crippen LogP contribution in [0.25, 0.3) is 115 Å². The molecule has 0 N–H and O–H groups in total. The van der Waals surface area contributed by atoms with Gasteiger partial charge in [0.05, 0.1) is 22.3 Å². The fourth-order valence-corrected chi connectivity index (χ4v) is 10.0. The number of benzene rings is 9. The first-order valence-corrected chi connectivity index (χ1v) is 20.3. The van der Waals surface area contributed by atoms with Crippen LogP contribution < -0.4 is 0 Å². The number of nitrogens with zero attached hydrogens (tertiary/aromatic N) is 4. The molecule has 3 aromatic heterocycles. The Hall–Kier alpha value is -7.47. The summed E-state index contributed by atoms with van der Waals surface area (Å²) in [6.45, 7) is 0. The quantitative estimate of drug-likeness (QED) is 0.176. The summed E-state index contributed by atoms with van der Waals surface area (Å²) in [7, 11) is 0. The van der Waals surface area contributed by atoms with Crippen LogP contribution in [0.15, 0.2) is 194 Å². The highest BCUT2D eigenvalue weighted by Gasteiger charge is 2.27. The minimum Gasteiger partial charge on any atom is -0.308 e. The largest absolute Gasteiger partial charge is 0.308 e. The molecule has 0 spiro atoms. The SMILES string of the molecule is c1ccc(-c2cccc(-c3nc(-c4ccccc4)nc(-c4c(-n5c6ccccc6c6cc7ccccc7cc65)c5ccccc5c5sc6ccccc6c45)n3)c2)cc1. The maximum Gasteiger partial charge on any atom is 0.166 e. The van der Waals surface area contributed by atoms with Crippen molar-refractivity contribution in [3.8, 4) is 51.0 Å². The highest BCUT2D eigenvalue weighted by Crippen LogP contribution is 2.49. The van der Waals surface area contributed by atoms with Gasteiger partial charge in [-0.15, -0.1) is 11.3 Å². The zero-order valence-electron chi connectivity index (χ0n) is 31.2. The van der Waals surface area contributed by atoms with Crippen molar-refractivity contribution in [2.75, 3.05) is 0 Å². The molecule has 0 bridgehead atoms. The van der Waals surface area contributed by atoms with Crippen LogP contribution in [0.1, 0.15) is 0 Å². The van der Waals surface area contributed by atoms with Gasteiger partial charge < -0.3 is 4.57 Å². The Morgan fingerprint density at radius 1 is 0.362 bits per heavy atom. The first-order valence-electron chi connectivity index (χ1n) is 19.5. The summed E-state index contributed by atoms with van der Waals surface area (Å²) in [6.07, 6.45) is 0. The average Bonchev–Trinajstić information content (AvgIpc) is 3.84. The second kappa shape index (κ2) is 13.1. The summed E-state index contributed by atoms with van der Waals surface area (Å²) >= 11 is 1.84. The van der Waals surface area contributed by atoms with E-state index in [2.05, 4.69) is 174 Å². The molecule has 270 valence electrons. The molecule has 4 nitrogen and oxygen atoms in total. The first kappa shape index (κ1) is 32.7. The highest BCUT2D eigenvalue weighted by molar-refractivity contribution is 7.26. The number of fused-ring (bicyclic) bond motifs is 9. The molecular formula is C53H32N4S. The third-order valence-electron chi connectivity index (χ3n) is 11.4. The molecule has 12 aromatic rings. The lowest BCUT2D eigenvalue weighted by molar-refractivity contribution is 1.07. The third-order valence-corrected chi connectivity index (χ3v) is 12.6. The van der Waals surface area contributed by atoms with Crippen LogP contribution in [-0.4, -0.2) is 19.5 Å². The number of thiophene rings is 1. The van der Waals surface area contributed by atoms with Gasteiger partial charge in [0.15, 0.2) is 17.5 Å². The lowest BCUT2D eigenvalue weighted by atomic mass is 9.96. The second-order valence-corrected chi connectivity index (χ2v) is 15.8. The Morgan fingerprint density at radius 2 is 0.931 bits per heavy atom. The molecule has 12 rings (SSSR count). The summed E-state index contributed by atoms with van der Waals surface area (Å²) in [6, 6.07) is 69.0. The number of para-hydroxylation sites is 1. The summed E-state index contributed by atoms with van der Waals surface area (Å²) < 4.78 is 4.92. The number of hydrogen-bond donors (Lipinski definition) is 0. The number of aromatic nitrogens is 4. The number of rotatable bonds is 5. The normalized spacial score (nSPS) is 11.8. The lowest BCUT2D eigenvalue weighted by Gasteiger charge is -2.19. The van der Waals surface area contributed by atoms with Gasteiger partial charge >= 0.3 is 0 Å². The zero-order chi connectivity index (χ0) is 38.2. The minimum absolute atomic E-state index is 0.627. The highest BCUT2D eigenvalue weighted by atomic mass is 32.1. The van der Waals surface area contributed by atoms with Crippen LogP contribution in [0.5, 0.6) is 0 Å². The topological polar surface area (TPSA) is 43.6 Å². The Bertz CT molecular complexity index is 3570. The van der Waals surface area contributed by atoms with Crippen molar-refractivity contribution in [1.29, 1.82) is 0 Å². The standard InChI is InChI=1S/C53H32N4S/c1-3-16-33(17-4-1)35-22-15-23-38(30-35)52-54-51(34-18-5-2-6-19-34)55-53(56-52)48-47-42-27-12-14-29-46(42)58-50(47)41-26-10-9-25-40(41)49(48)57-44-28-13-11-24-39(44)43-31-36-20-7-8-21-37(36)32-45(43)57/h1-32H. The van der Waals surface area contributed by atoms with Gasteiger partial charge in [-0.2, -0.15) is 0 Å². The van der Waals surface area contributed by atoms with Crippen molar-refractivity contribution in [3.63, 3.8) is 0 Å². The van der Waals surface area contributed by atoms with E-state index in [0.717, 1.165) is 55.3 Å². The van der Waals surface area contributed by atoms with Crippen molar-refractivity contribution in [2.45, 2.75) is 0 Å². The van der Waals surface area contributed by atoms with Crippen LogP contribution >= 0.6 is 11.3 Å². The van der Waals surface area contributed by atoms with E-state index in [4.69, 9.17) is 15.0 Å². The third kappa shape index (κ3) is 5.11. The van der Waals surface area contributed by atoms with E-state index in [-0.39, 0.29) is 0 Å². The van der Waals surface area contributed by atoms with Gasteiger partial charge in [-0.25, -0.2) is 15.0 Å². The lowest BCUT2D eigenvalue weighted by Crippen LogP contribution is -2.05. The monoisotopic (exact) mass is 756 g/mol. The van der Waals surface area contributed by atoms with E-state index < -0.39 is 0 Å². The molecule has 3 heterocycles. The predicted octanol–water partition coefficient (Wildman–Crippen LogP) is 14.3. The molecule has 0 saturated carbocycles. The predicted molar refractivity (Wildman–Crippen MR) is 244 cm³/mol. The molecule has 0 aliphatic rings. The van der Waals surface area contributed by atoms with E-state index in [1.807, 2.05) is 35.6 Å². The fraction of sp³-hybridized carbons (Fsp3) is 0. The molecule has 0 unspecified atom stereocenters. The van der Waals surface area contributed by atoms with Gasteiger partial charge in [-0.05, 0) is 52.2 Å². The van der Waals surface area contributed by atoms with Crippen molar-refractivity contribution >= 4 is 74.9 Å². The number of hydrogen-bond acceptors (Lipinski definition) is 4. The average molecular weight is 757 g/mol. The molecule has 0 aliphatic heterocycles. The van der Waals surface area contributed by atoms with Crippen molar-refractivity contribution < 1.29 is 0 Å². The molecule has 0 fully saturated rings. The van der Waals surface area contributed by atoms with Crippen LogP contribution in [0.2, 0.25) is 0 Å². The van der Waals surface area contributed by atoms with Crippen molar-refractivity contribution in [2.24, 2.45) is 0 Å².